The van der Waals surface area contributed by atoms with Crippen molar-refractivity contribution in [3.63, 3.8) is 0 Å². The minimum absolute atomic E-state index is 0.0639. The maximum absolute atomic E-state index is 12.2. The fraction of sp³-hybridized carbons (Fsp3) is 0.368. The fourth-order valence-electron chi connectivity index (χ4n) is 2.53. The molecule has 6 nitrogen and oxygen atoms in total. The Kier molecular flexibility index (Phi) is 6.63. The van der Waals surface area contributed by atoms with E-state index in [1.165, 1.54) is 12.1 Å². The largest absolute Gasteiger partial charge is 0.496 e. The van der Waals surface area contributed by atoms with E-state index in [1.54, 1.807) is 38.5 Å². The molecule has 0 aromatic heterocycles. The summed E-state index contributed by atoms with van der Waals surface area (Å²) in [6, 6.07) is 9.92. The average Bonchev–Trinajstić information content (AvgIpc) is 2.61. The summed E-state index contributed by atoms with van der Waals surface area (Å²) in [4.78, 5) is 0.0639. The molecule has 0 fully saturated rings. The molecule has 2 rings (SSSR count). The molecule has 26 heavy (non-hydrogen) atoms. The van der Waals surface area contributed by atoms with E-state index >= 15 is 0 Å². The van der Waals surface area contributed by atoms with Gasteiger partial charge in [-0.1, -0.05) is 17.7 Å². The molecule has 0 saturated heterocycles. The summed E-state index contributed by atoms with van der Waals surface area (Å²) in [6.45, 7) is 3.40. The maximum atomic E-state index is 12.2. The van der Waals surface area contributed by atoms with Gasteiger partial charge in [0, 0.05) is 12.0 Å². The molecule has 0 amide bonds. The topological polar surface area (TPSA) is 82.1 Å². The van der Waals surface area contributed by atoms with Crippen LogP contribution in [0, 0.1) is 13.8 Å². The molecule has 0 aliphatic heterocycles. The number of hydrogen-bond acceptors (Lipinski definition) is 6. The van der Waals surface area contributed by atoms with E-state index in [1.807, 2.05) is 13.8 Å². The van der Waals surface area contributed by atoms with Crippen LogP contribution in [0.4, 0.5) is 0 Å². The van der Waals surface area contributed by atoms with Gasteiger partial charge in [-0.25, -0.2) is 0 Å². The first kappa shape index (κ1) is 20.2. The summed E-state index contributed by atoms with van der Waals surface area (Å²) in [7, 11) is -0.797. The second-order valence-corrected chi connectivity index (χ2v) is 7.65. The van der Waals surface area contributed by atoms with Gasteiger partial charge in [0.25, 0.3) is 10.1 Å². The minimum Gasteiger partial charge on any atom is -0.496 e. The first-order valence-electron chi connectivity index (χ1n) is 8.12. The maximum Gasteiger partial charge on any atom is 0.297 e. The normalized spacial score (nSPS) is 12.7. The standard InChI is InChI=1S/C19H24O6S/c1-13-5-7-17(8-6-13)26(21,22)25-12-16(20)9-15-10-18(23-3)14(2)19(11-15)24-4/h5-8,10-11,16,20H,9,12H2,1-4H3. The van der Waals surface area contributed by atoms with Crippen LogP contribution in [0.2, 0.25) is 0 Å². The van der Waals surface area contributed by atoms with Crippen LogP contribution in [-0.4, -0.2) is 40.5 Å². The van der Waals surface area contributed by atoms with Gasteiger partial charge in [-0.3, -0.25) is 4.18 Å². The van der Waals surface area contributed by atoms with Crippen molar-refractivity contribution in [3.05, 3.63) is 53.1 Å². The molecule has 0 aliphatic carbocycles. The molecule has 1 atom stereocenters. The van der Waals surface area contributed by atoms with Crippen LogP contribution in [0.15, 0.2) is 41.3 Å². The number of aryl methyl sites for hydroxylation is 1. The number of benzene rings is 2. The zero-order valence-corrected chi connectivity index (χ0v) is 16.2. The Bertz CT molecular complexity index is 818. The van der Waals surface area contributed by atoms with Gasteiger partial charge >= 0.3 is 0 Å². The predicted octanol–water partition coefficient (Wildman–Crippen LogP) is 2.63. The molecule has 0 aliphatic rings. The van der Waals surface area contributed by atoms with E-state index in [0.717, 1.165) is 16.7 Å². The van der Waals surface area contributed by atoms with Gasteiger partial charge in [-0.2, -0.15) is 8.42 Å². The highest BCUT2D eigenvalue weighted by Gasteiger charge is 2.18. The molecule has 0 heterocycles. The smallest absolute Gasteiger partial charge is 0.297 e. The zero-order chi connectivity index (χ0) is 19.3. The van der Waals surface area contributed by atoms with Gasteiger partial charge < -0.3 is 14.6 Å². The zero-order valence-electron chi connectivity index (χ0n) is 15.4. The lowest BCUT2D eigenvalue weighted by atomic mass is 10.0. The molecule has 0 bridgehead atoms. The van der Waals surface area contributed by atoms with E-state index in [4.69, 9.17) is 13.7 Å². The quantitative estimate of drug-likeness (QED) is 0.709. The number of hydrogen-bond donors (Lipinski definition) is 1. The molecule has 7 heteroatoms. The van der Waals surface area contributed by atoms with Crippen LogP contribution >= 0.6 is 0 Å². The summed E-state index contributed by atoms with van der Waals surface area (Å²) in [6.07, 6.45) is -0.788. The second kappa shape index (κ2) is 8.53. The minimum atomic E-state index is -3.91. The number of methoxy groups -OCH3 is 2. The van der Waals surface area contributed by atoms with E-state index < -0.39 is 16.2 Å². The van der Waals surface area contributed by atoms with E-state index in [9.17, 15) is 13.5 Å². The first-order chi connectivity index (χ1) is 12.3. The van der Waals surface area contributed by atoms with Crippen molar-refractivity contribution in [3.8, 4) is 11.5 Å². The van der Waals surface area contributed by atoms with Crippen LogP contribution in [0.25, 0.3) is 0 Å². The summed E-state index contributed by atoms with van der Waals surface area (Å²) in [5.41, 5.74) is 2.56. The molecular weight excluding hydrogens is 356 g/mol. The van der Waals surface area contributed by atoms with Crippen LogP contribution in [0.5, 0.6) is 11.5 Å². The highest BCUT2D eigenvalue weighted by atomic mass is 32.2. The van der Waals surface area contributed by atoms with Gasteiger partial charge in [0.05, 0.1) is 31.8 Å². The lowest BCUT2D eigenvalue weighted by Gasteiger charge is -2.15. The lowest BCUT2D eigenvalue weighted by molar-refractivity contribution is 0.110. The van der Waals surface area contributed by atoms with Crippen molar-refractivity contribution in [1.82, 2.24) is 0 Å². The summed E-state index contributed by atoms with van der Waals surface area (Å²) < 4.78 is 39.9. The van der Waals surface area contributed by atoms with E-state index in [-0.39, 0.29) is 17.9 Å². The lowest BCUT2D eigenvalue weighted by Crippen LogP contribution is -2.21. The second-order valence-electron chi connectivity index (χ2n) is 6.03. The van der Waals surface area contributed by atoms with Gasteiger partial charge in [0.1, 0.15) is 11.5 Å². The van der Waals surface area contributed by atoms with E-state index in [2.05, 4.69) is 0 Å². The number of aliphatic hydroxyl groups excluding tert-OH is 1. The van der Waals surface area contributed by atoms with Crippen molar-refractivity contribution < 1.29 is 27.2 Å². The molecule has 1 unspecified atom stereocenters. The van der Waals surface area contributed by atoms with Gasteiger partial charge in [-0.15, -0.1) is 0 Å². The molecule has 2 aromatic rings. The van der Waals surface area contributed by atoms with Crippen LogP contribution < -0.4 is 9.47 Å². The highest BCUT2D eigenvalue weighted by molar-refractivity contribution is 7.86. The van der Waals surface area contributed by atoms with Gasteiger partial charge in [-0.05, 0) is 43.7 Å². The Morgan fingerprint density at radius 1 is 1.00 bits per heavy atom. The third-order valence-corrected chi connectivity index (χ3v) is 5.30. The van der Waals surface area contributed by atoms with Crippen molar-refractivity contribution in [2.75, 3.05) is 20.8 Å². The van der Waals surface area contributed by atoms with Crippen molar-refractivity contribution >= 4 is 10.1 Å². The monoisotopic (exact) mass is 380 g/mol. The number of aliphatic hydroxyl groups is 1. The molecule has 0 spiro atoms. The summed E-state index contributed by atoms with van der Waals surface area (Å²) in [5, 5.41) is 10.2. The van der Waals surface area contributed by atoms with Crippen LogP contribution in [-0.2, 0) is 20.7 Å². The molecular formula is C19H24O6S. The summed E-state index contributed by atoms with van der Waals surface area (Å²) in [5.74, 6) is 1.28. The van der Waals surface area contributed by atoms with Crippen molar-refractivity contribution in [1.29, 1.82) is 0 Å². The molecule has 1 N–H and O–H groups in total. The summed E-state index contributed by atoms with van der Waals surface area (Å²) >= 11 is 0. The van der Waals surface area contributed by atoms with Gasteiger partial charge in [0.15, 0.2) is 0 Å². The van der Waals surface area contributed by atoms with Crippen LogP contribution in [0.1, 0.15) is 16.7 Å². The molecule has 142 valence electrons. The Morgan fingerprint density at radius 3 is 2.04 bits per heavy atom. The Balaban J connectivity index is 2.05. The molecule has 0 saturated carbocycles. The van der Waals surface area contributed by atoms with Gasteiger partial charge in [0.2, 0.25) is 0 Å². The Morgan fingerprint density at radius 2 is 1.54 bits per heavy atom. The Labute approximate surface area is 154 Å². The first-order valence-corrected chi connectivity index (χ1v) is 9.53. The average molecular weight is 380 g/mol. The predicted molar refractivity (Wildman–Crippen MR) is 98.3 cm³/mol. The number of rotatable bonds is 8. The third kappa shape index (κ3) is 4.97. The molecule has 2 aromatic carbocycles. The third-order valence-electron chi connectivity index (χ3n) is 4.01. The fourth-order valence-corrected chi connectivity index (χ4v) is 3.47. The molecule has 0 radical (unpaired) electrons. The Hall–Kier alpha value is -2.09. The number of ether oxygens (including phenoxy) is 2. The van der Waals surface area contributed by atoms with Crippen molar-refractivity contribution in [2.45, 2.75) is 31.3 Å². The van der Waals surface area contributed by atoms with Crippen molar-refractivity contribution in [2.24, 2.45) is 0 Å². The van der Waals surface area contributed by atoms with Crippen LogP contribution in [0.3, 0.4) is 0 Å². The highest BCUT2D eigenvalue weighted by Crippen LogP contribution is 2.30. The van der Waals surface area contributed by atoms with E-state index in [0.29, 0.717) is 11.5 Å². The SMILES string of the molecule is COc1cc(CC(O)COS(=O)(=O)c2ccc(C)cc2)cc(OC)c1C.